The molecule has 2 rings (SSSR count). The van der Waals surface area contributed by atoms with Gasteiger partial charge in [0, 0.05) is 12.1 Å². The van der Waals surface area contributed by atoms with E-state index in [0.29, 0.717) is 17.3 Å². The fourth-order valence-corrected chi connectivity index (χ4v) is 1.51. The molecular formula is C10H12N4O. The molecular weight excluding hydrogens is 192 g/mol. The number of rotatable bonds is 2. The second kappa shape index (κ2) is 3.68. The molecule has 2 heterocycles. The number of hydrogen-bond donors (Lipinski definition) is 2. The Morgan fingerprint density at radius 2 is 2.13 bits per heavy atom. The van der Waals surface area contributed by atoms with Crippen molar-refractivity contribution in [2.45, 2.75) is 20.3 Å². The highest BCUT2D eigenvalue weighted by Gasteiger charge is 2.10. The summed E-state index contributed by atoms with van der Waals surface area (Å²) >= 11 is 0. The minimum absolute atomic E-state index is 0.194. The molecule has 0 aliphatic rings. The fourth-order valence-electron chi connectivity index (χ4n) is 1.51. The summed E-state index contributed by atoms with van der Waals surface area (Å²) < 4.78 is 0. The largest absolute Gasteiger partial charge is 0.281 e. The predicted octanol–water partition coefficient (Wildman–Crippen LogP) is 1.07. The van der Waals surface area contributed by atoms with E-state index in [2.05, 4.69) is 20.4 Å². The molecule has 0 atom stereocenters. The highest BCUT2D eigenvalue weighted by Crippen LogP contribution is 2.13. The Labute approximate surface area is 86.2 Å². The number of nitrogens with zero attached hydrogens (tertiary/aromatic N) is 2. The van der Waals surface area contributed by atoms with Gasteiger partial charge in [0.1, 0.15) is 5.52 Å². The van der Waals surface area contributed by atoms with Crippen LogP contribution in [0.15, 0.2) is 16.9 Å². The topological polar surface area (TPSA) is 74.4 Å². The summed E-state index contributed by atoms with van der Waals surface area (Å²) in [5.74, 6) is 0. The van der Waals surface area contributed by atoms with Crippen LogP contribution in [0.25, 0.3) is 10.9 Å². The van der Waals surface area contributed by atoms with Gasteiger partial charge in [0.2, 0.25) is 0 Å². The van der Waals surface area contributed by atoms with Crippen LogP contribution in [0.2, 0.25) is 0 Å². The van der Waals surface area contributed by atoms with Gasteiger partial charge < -0.3 is 0 Å². The molecule has 2 aromatic rings. The molecule has 0 spiro atoms. The van der Waals surface area contributed by atoms with Gasteiger partial charge in [0.15, 0.2) is 0 Å². The molecule has 0 bridgehead atoms. The Bertz CT molecular complexity index is 564. The molecule has 0 aromatic carbocycles. The van der Waals surface area contributed by atoms with Gasteiger partial charge in [0.25, 0.3) is 5.56 Å². The van der Waals surface area contributed by atoms with Crippen LogP contribution >= 0.6 is 0 Å². The van der Waals surface area contributed by atoms with Gasteiger partial charge in [-0.1, -0.05) is 12.2 Å². The van der Waals surface area contributed by atoms with Crippen LogP contribution < -0.4 is 5.56 Å². The molecule has 78 valence electrons. The average molecular weight is 204 g/mol. The van der Waals surface area contributed by atoms with Gasteiger partial charge in [-0.25, -0.2) is 5.10 Å². The molecule has 5 nitrogen and oxygen atoms in total. The van der Waals surface area contributed by atoms with Crippen molar-refractivity contribution in [1.82, 2.24) is 20.4 Å². The van der Waals surface area contributed by atoms with Gasteiger partial charge in [-0.2, -0.15) is 10.2 Å². The van der Waals surface area contributed by atoms with Crippen LogP contribution in [0.5, 0.6) is 0 Å². The van der Waals surface area contributed by atoms with E-state index in [1.165, 1.54) is 0 Å². The van der Waals surface area contributed by atoms with Crippen molar-refractivity contribution in [2.75, 3.05) is 0 Å². The smallest absolute Gasteiger partial charge is 0.275 e. The molecule has 0 aliphatic heterocycles. The Morgan fingerprint density at radius 3 is 2.87 bits per heavy atom. The lowest BCUT2D eigenvalue weighted by Crippen LogP contribution is -2.10. The fraction of sp³-hybridized carbons (Fsp3) is 0.300. The zero-order valence-electron chi connectivity index (χ0n) is 8.66. The van der Waals surface area contributed by atoms with Crippen LogP contribution in [0.1, 0.15) is 18.3 Å². The predicted molar refractivity (Wildman–Crippen MR) is 57.8 cm³/mol. The maximum absolute atomic E-state index is 11.5. The van der Waals surface area contributed by atoms with Crippen LogP contribution in [-0.2, 0) is 6.42 Å². The average Bonchev–Trinajstić information content (AvgIpc) is 2.61. The van der Waals surface area contributed by atoms with Gasteiger partial charge in [0.05, 0.1) is 11.1 Å². The molecule has 0 fully saturated rings. The molecule has 0 saturated carbocycles. The first-order valence-corrected chi connectivity index (χ1v) is 4.77. The Kier molecular flexibility index (Phi) is 2.37. The lowest BCUT2D eigenvalue weighted by molar-refractivity contribution is 0.937. The molecule has 5 heteroatoms. The molecule has 0 aliphatic carbocycles. The van der Waals surface area contributed by atoms with Crippen molar-refractivity contribution >= 4 is 10.9 Å². The second-order valence-electron chi connectivity index (χ2n) is 3.34. The summed E-state index contributed by atoms with van der Waals surface area (Å²) in [4.78, 5) is 11.5. The lowest BCUT2D eigenvalue weighted by atomic mass is 10.2. The summed E-state index contributed by atoms with van der Waals surface area (Å²) in [5, 5.41) is 14.0. The van der Waals surface area contributed by atoms with E-state index in [9.17, 15) is 4.79 Å². The summed E-state index contributed by atoms with van der Waals surface area (Å²) in [6.45, 7) is 3.77. The van der Waals surface area contributed by atoms with Gasteiger partial charge >= 0.3 is 0 Å². The maximum atomic E-state index is 11.5. The molecule has 0 radical (unpaired) electrons. The van der Waals surface area contributed by atoms with Crippen LogP contribution in [-0.4, -0.2) is 20.4 Å². The Balaban J connectivity index is 2.67. The van der Waals surface area contributed by atoms with E-state index in [1.807, 2.05) is 26.0 Å². The van der Waals surface area contributed by atoms with E-state index in [1.54, 1.807) is 0 Å². The third kappa shape index (κ3) is 1.56. The third-order valence-electron chi connectivity index (χ3n) is 2.29. The minimum Gasteiger partial charge on any atom is -0.281 e. The number of allylic oxidation sites excluding steroid dienone is 2. The minimum atomic E-state index is -0.194. The van der Waals surface area contributed by atoms with Crippen molar-refractivity contribution in [3.8, 4) is 0 Å². The molecule has 2 N–H and O–H groups in total. The standard InChI is InChI=1S/C10H12N4O/c1-3-4-5-7-9-8(6(2)11-13-9)10(15)14-12-7/h3-4H,5H2,1-2H3,(H,11,13)(H,14,15). The molecule has 0 amide bonds. The molecule has 0 unspecified atom stereocenters. The Morgan fingerprint density at radius 1 is 1.33 bits per heavy atom. The third-order valence-corrected chi connectivity index (χ3v) is 2.29. The monoisotopic (exact) mass is 204 g/mol. The quantitative estimate of drug-likeness (QED) is 0.718. The normalized spacial score (nSPS) is 11.6. The number of aryl methyl sites for hydroxylation is 1. The SMILES string of the molecule is CC=CCc1n[nH]c(=O)c2c(C)[nH]nc12. The number of aromatic amines is 2. The first kappa shape index (κ1) is 9.64. The van der Waals surface area contributed by atoms with Crippen molar-refractivity contribution in [1.29, 1.82) is 0 Å². The van der Waals surface area contributed by atoms with E-state index < -0.39 is 0 Å². The summed E-state index contributed by atoms with van der Waals surface area (Å²) in [7, 11) is 0. The van der Waals surface area contributed by atoms with Gasteiger partial charge in [-0.05, 0) is 13.8 Å². The highest BCUT2D eigenvalue weighted by molar-refractivity contribution is 5.81. The second-order valence-corrected chi connectivity index (χ2v) is 3.34. The van der Waals surface area contributed by atoms with E-state index in [0.717, 1.165) is 11.4 Å². The summed E-state index contributed by atoms with van der Waals surface area (Å²) in [6.07, 6.45) is 4.59. The number of fused-ring (bicyclic) bond motifs is 1. The van der Waals surface area contributed by atoms with E-state index in [4.69, 9.17) is 0 Å². The zero-order chi connectivity index (χ0) is 10.8. The van der Waals surface area contributed by atoms with Crippen LogP contribution in [0, 0.1) is 6.92 Å². The van der Waals surface area contributed by atoms with Crippen molar-refractivity contribution in [3.63, 3.8) is 0 Å². The first-order chi connectivity index (χ1) is 7.24. The highest BCUT2D eigenvalue weighted by atomic mass is 16.1. The van der Waals surface area contributed by atoms with Crippen LogP contribution in [0.3, 0.4) is 0 Å². The number of aromatic nitrogens is 4. The van der Waals surface area contributed by atoms with E-state index in [-0.39, 0.29) is 5.56 Å². The summed E-state index contributed by atoms with van der Waals surface area (Å²) in [6, 6.07) is 0. The van der Waals surface area contributed by atoms with Crippen molar-refractivity contribution < 1.29 is 0 Å². The number of nitrogens with one attached hydrogen (secondary N) is 2. The summed E-state index contributed by atoms with van der Waals surface area (Å²) in [5.41, 5.74) is 2.03. The number of hydrogen-bond acceptors (Lipinski definition) is 3. The number of H-pyrrole nitrogens is 2. The first-order valence-electron chi connectivity index (χ1n) is 4.77. The Hall–Kier alpha value is -1.91. The molecule has 2 aromatic heterocycles. The van der Waals surface area contributed by atoms with E-state index >= 15 is 0 Å². The molecule has 0 saturated heterocycles. The zero-order valence-corrected chi connectivity index (χ0v) is 8.66. The van der Waals surface area contributed by atoms with Gasteiger partial charge in [-0.3, -0.25) is 9.89 Å². The van der Waals surface area contributed by atoms with Crippen LogP contribution in [0.4, 0.5) is 0 Å². The molecule has 15 heavy (non-hydrogen) atoms. The van der Waals surface area contributed by atoms with Gasteiger partial charge in [-0.15, -0.1) is 0 Å². The van der Waals surface area contributed by atoms with Crippen molar-refractivity contribution in [2.24, 2.45) is 0 Å². The lowest BCUT2D eigenvalue weighted by Gasteiger charge is -1.95. The van der Waals surface area contributed by atoms with Crippen molar-refractivity contribution in [3.05, 3.63) is 33.9 Å². The maximum Gasteiger partial charge on any atom is 0.275 e.